The minimum atomic E-state index is -4.82. The molecule has 8 heteroatoms. The van der Waals surface area contributed by atoms with Crippen LogP contribution in [0.3, 0.4) is 0 Å². The molecule has 2 aromatic carbocycles. The third kappa shape index (κ3) is 5.24. The van der Waals surface area contributed by atoms with Crippen LogP contribution in [0.2, 0.25) is 0 Å². The summed E-state index contributed by atoms with van der Waals surface area (Å²) >= 11 is 0. The highest BCUT2D eigenvalue weighted by molar-refractivity contribution is 5.76. The van der Waals surface area contributed by atoms with Crippen molar-refractivity contribution in [1.82, 2.24) is 0 Å². The zero-order chi connectivity index (χ0) is 20.4. The van der Waals surface area contributed by atoms with E-state index >= 15 is 0 Å². The van der Waals surface area contributed by atoms with Gasteiger partial charge in [0.2, 0.25) is 0 Å². The largest absolute Gasteiger partial charge is 0.489 e. The van der Waals surface area contributed by atoms with Gasteiger partial charge in [-0.1, -0.05) is 13.8 Å². The summed E-state index contributed by atoms with van der Waals surface area (Å²) in [5.74, 6) is 0.125. The van der Waals surface area contributed by atoms with Crippen molar-refractivity contribution in [2.24, 2.45) is 0 Å². The first-order chi connectivity index (χ1) is 12.4. The lowest BCUT2D eigenvalue weighted by molar-refractivity contribution is -0.142. The molecule has 0 radical (unpaired) electrons. The van der Waals surface area contributed by atoms with Gasteiger partial charge in [-0.15, -0.1) is 0 Å². The molecule has 0 fully saturated rings. The van der Waals surface area contributed by atoms with Crippen molar-refractivity contribution >= 4 is 6.29 Å². The van der Waals surface area contributed by atoms with Crippen molar-refractivity contribution in [3.63, 3.8) is 0 Å². The lowest BCUT2D eigenvalue weighted by Crippen LogP contribution is -2.14. The molecule has 0 spiro atoms. The van der Waals surface area contributed by atoms with Gasteiger partial charge >= 0.3 is 12.4 Å². The summed E-state index contributed by atoms with van der Waals surface area (Å²) in [4.78, 5) is 11.0. The Bertz CT molecular complexity index is 822. The minimum Gasteiger partial charge on any atom is -0.489 e. The molecule has 2 rings (SSSR count). The van der Waals surface area contributed by atoms with Crippen LogP contribution >= 0.6 is 0 Å². The second-order valence-corrected chi connectivity index (χ2v) is 6.26. The van der Waals surface area contributed by atoms with Crippen molar-refractivity contribution in [2.45, 2.75) is 38.7 Å². The molecule has 0 atom stereocenters. The fourth-order valence-corrected chi connectivity index (χ4v) is 2.46. The molecule has 0 saturated heterocycles. The summed E-state index contributed by atoms with van der Waals surface area (Å²) in [6.45, 7) is 2.98. The summed E-state index contributed by atoms with van der Waals surface area (Å²) < 4.78 is 83.1. The molecule has 2 aromatic rings. The average molecular weight is 390 g/mol. The number of hydrogen-bond donors (Lipinski definition) is 0. The van der Waals surface area contributed by atoms with Crippen LogP contribution in [0.1, 0.15) is 52.4 Å². The molecule has 27 heavy (non-hydrogen) atoms. The topological polar surface area (TPSA) is 26.3 Å². The third-order valence-corrected chi connectivity index (χ3v) is 3.89. The summed E-state index contributed by atoms with van der Waals surface area (Å²) in [5.41, 5.74) is -2.06. The van der Waals surface area contributed by atoms with Gasteiger partial charge < -0.3 is 4.74 Å². The van der Waals surface area contributed by atoms with E-state index in [0.717, 1.165) is 5.56 Å². The molecule has 2 nitrogen and oxygen atoms in total. The van der Waals surface area contributed by atoms with Crippen LogP contribution in [-0.2, 0) is 19.0 Å². The average Bonchev–Trinajstić information content (AvgIpc) is 2.57. The van der Waals surface area contributed by atoms with Crippen LogP contribution in [0.15, 0.2) is 36.4 Å². The normalized spacial score (nSPS) is 12.3. The molecule has 0 saturated carbocycles. The predicted octanol–water partition coefficient (Wildman–Crippen LogP) is 6.24. The van der Waals surface area contributed by atoms with Crippen molar-refractivity contribution in [3.05, 3.63) is 64.2 Å². The first kappa shape index (κ1) is 20.8. The molecular formula is C19H16F6O2. The van der Waals surface area contributed by atoms with Gasteiger partial charge in [0.05, 0.1) is 11.1 Å². The van der Waals surface area contributed by atoms with Crippen LogP contribution < -0.4 is 4.74 Å². The third-order valence-electron chi connectivity index (χ3n) is 3.89. The summed E-state index contributed by atoms with van der Waals surface area (Å²) in [6.07, 6.45) is -9.04. The molecule has 0 aliphatic carbocycles. The fourth-order valence-electron chi connectivity index (χ4n) is 2.46. The Balaban J connectivity index is 2.39. The van der Waals surface area contributed by atoms with Gasteiger partial charge in [0, 0.05) is 11.1 Å². The number of carbonyl (C=O) groups excluding carboxylic acids is 1. The van der Waals surface area contributed by atoms with Gasteiger partial charge in [0.1, 0.15) is 18.6 Å². The molecule has 0 aromatic heterocycles. The Kier molecular flexibility index (Phi) is 5.87. The van der Waals surface area contributed by atoms with Crippen LogP contribution in [-0.4, -0.2) is 6.29 Å². The van der Waals surface area contributed by atoms with Gasteiger partial charge in [-0.05, 0) is 47.9 Å². The van der Waals surface area contributed by atoms with Crippen molar-refractivity contribution in [3.8, 4) is 5.75 Å². The number of hydrogen-bond acceptors (Lipinski definition) is 2. The maximum Gasteiger partial charge on any atom is 0.416 e. The van der Waals surface area contributed by atoms with Crippen LogP contribution in [0.5, 0.6) is 5.75 Å². The Morgan fingerprint density at radius 2 is 1.63 bits per heavy atom. The highest BCUT2D eigenvalue weighted by Crippen LogP contribution is 2.37. The van der Waals surface area contributed by atoms with Crippen LogP contribution in [0.4, 0.5) is 26.3 Å². The summed E-state index contributed by atoms with van der Waals surface area (Å²) in [6, 6.07) is 5.67. The second-order valence-electron chi connectivity index (χ2n) is 6.26. The van der Waals surface area contributed by atoms with E-state index in [1.807, 2.05) is 13.8 Å². The van der Waals surface area contributed by atoms with Gasteiger partial charge in [0.25, 0.3) is 0 Å². The first-order valence-corrected chi connectivity index (χ1v) is 7.92. The van der Waals surface area contributed by atoms with Crippen molar-refractivity contribution in [1.29, 1.82) is 0 Å². The molecule has 0 N–H and O–H groups in total. The molecule has 146 valence electrons. The van der Waals surface area contributed by atoms with Crippen LogP contribution in [0.25, 0.3) is 0 Å². The fraction of sp³-hybridized carbons (Fsp3) is 0.316. The zero-order valence-electron chi connectivity index (χ0n) is 14.4. The maximum atomic E-state index is 13.1. The summed E-state index contributed by atoms with van der Waals surface area (Å²) in [7, 11) is 0. The molecular weight excluding hydrogens is 374 g/mol. The van der Waals surface area contributed by atoms with E-state index in [9.17, 15) is 31.1 Å². The zero-order valence-corrected chi connectivity index (χ0v) is 14.4. The quantitative estimate of drug-likeness (QED) is 0.446. The first-order valence-electron chi connectivity index (χ1n) is 7.92. The molecule has 0 bridgehead atoms. The molecule has 0 unspecified atom stereocenters. The van der Waals surface area contributed by atoms with E-state index < -0.39 is 35.6 Å². The number of halogens is 6. The molecule has 0 heterocycles. The van der Waals surface area contributed by atoms with E-state index in [0.29, 0.717) is 24.5 Å². The highest BCUT2D eigenvalue weighted by Gasteiger charge is 2.37. The Morgan fingerprint density at radius 3 is 2.15 bits per heavy atom. The number of alkyl halides is 6. The monoisotopic (exact) mass is 390 g/mol. The Morgan fingerprint density at radius 1 is 0.963 bits per heavy atom. The number of aldehydes is 1. The SMILES string of the molecule is CC(C)c1cc(C=O)cc(OCc2cc(C(F)(F)F)ccc2C(F)(F)F)c1. The van der Waals surface area contributed by atoms with E-state index in [4.69, 9.17) is 4.74 Å². The van der Waals surface area contributed by atoms with Gasteiger partial charge in [-0.25, -0.2) is 0 Å². The summed E-state index contributed by atoms with van der Waals surface area (Å²) in [5, 5.41) is 0. The van der Waals surface area contributed by atoms with E-state index in [1.54, 1.807) is 12.1 Å². The van der Waals surface area contributed by atoms with Gasteiger partial charge in [-0.3, -0.25) is 4.79 Å². The molecule has 0 amide bonds. The Labute approximate surface area is 151 Å². The maximum absolute atomic E-state index is 13.1. The van der Waals surface area contributed by atoms with Crippen molar-refractivity contribution in [2.75, 3.05) is 0 Å². The lowest BCUT2D eigenvalue weighted by atomic mass is 10.0. The van der Waals surface area contributed by atoms with E-state index in [1.165, 1.54) is 6.07 Å². The van der Waals surface area contributed by atoms with E-state index in [2.05, 4.69) is 0 Å². The lowest BCUT2D eigenvalue weighted by Gasteiger charge is -2.17. The van der Waals surface area contributed by atoms with Crippen LogP contribution in [0, 0.1) is 0 Å². The Hall–Kier alpha value is -2.51. The highest BCUT2D eigenvalue weighted by atomic mass is 19.4. The second kappa shape index (κ2) is 7.62. The number of benzene rings is 2. The molecule has 0 aliphatic heterocycles. The van der Waals surface area contributed by atoms with Gasteiger partial charge in [-0.2, -0.15) is 26.3 Å². The van der Waals surface area contributed by atoms with Gasteiger partial charge in [0.15, 0.2) is 0 Å². The standard InChI is InChI=1S/C19H16F6O2/c1-11(2)13-5-12(9-26)6-16(8-13)27-10-14-7-15(18(20,21)22)3-4-17(14)19(23,24)25/h3-9,11H,10H2,1-2H3. The number of rotatable bonds is 5. The minimum absolute atomic E-state index is 0.0199. The van der Waals surface area contributed by atoms with Crippen molar-refractivity contribution < 1.29 is 35.9 Å². The molecule has 0 aliphatic rings. The predicted molar refractivity (Wildman–Crippen MR) is 86.7 cm³/mol. The van der Waals surface area contributed by atoms with E-state index in [-0.39, 0.29) is 17.2 Å². The number of ether oxygens (including phenoxy) is 1. The smallest absolute Gasteiger partial charge is 0.416 e. The number of carbonyl (C=O) groups is 1.